The average Bonchev–Trinajstić information content (AvgIpc) is 2.60. The fraction of sp³-hybridized carbons (Fsp3) is 1.00. The van der Waals surface area contributed by atoms with E-state index in [9.17, 15) is 0 Å². The molecule has 13 heavy (non-hydrogen) atoms. The van der Waals surface area contributed by atoms with E-state index in [4.69, 9.17) is 0 Å². The van der Waals surface area contributed by atoms with E-state index in [-0.39, 0.29) is 0 Å². The standard InChI is InChI=1S/C11H22N2/c1-12(2)10-6-9-5-8(10)7-11(9)13(3)4/h8-11H,5-7H2,1-4H3/t8-,9-,10-,11-/m0/s1. The molecule has 0 aromatic heterocycles. The summed E-state index contributed by atoms with van der Waals surface area (Å²) >= 11 is 0. The normalized spacial score (nSPS) is 43.8. The third-order valence-electron chi connectivity index (χ3n) is 4.11. The maximum absolute atomic E-state index is 2.43. The van der Waals surface area contributed by atoms with Gasteiger partial charge >= 0.3 is 0 Å². The largest absolute Gasteiger partial charge is 0.306 e. The predicted molar refractivity (Wildman–Crippen MR) is 55.8 cm³/mol. The minimum atomic E-state index is 0.876. The highest BCUT2D eigenvalue weighted by molar-refractivity contribution is 5.01. The molecule has 0 N–H and O–H groups in total. The van der Waals surface area contributed by atoms with Crippen LogP contribution in [0.25, 0.3) is 0 Å². The summed E-state index contributed by atoms with van der Waals surface area (Å²) in [6.45, 7) is 0. The zero-order chi connectivity index (χ0) is 9.59. The second-order valence-electron chi connectivity index (χ2n) is 5.29. The van der Waals surface area contributed by atoms with Gasteiger partial charge in [-0.05, 0) is 59.3 Å². The molecule has 2 rings (SSSR count). The molecular formula is C11H22N2. The molecule has 0 amide bonds. The van der Waals surface area contributed by atoms with E-state index < -0.39 is 0 Å². The summed E-state index contributed by atoms with van der Waals surface area (Å²) in [7, 11) is 8.93. The Hall–Kier alpha value is -0.0800. The van der Waals surface area contributed by atoms with Crippen molar-refractivity contribution < 1.29 is 0 Å². The molecule has 0 heterocycles. The van der Waals surface area contributed by atoms with Crippen LogP contribution in [0.2, 0.25) is 0 Å². The SMILES string of the molecule is CN(C)[C@H]1C[C@@H]2C[C@H]1C[C@@H]2N(C)C. The molecule has 0 aromatic carbocycles. The van der Waals surface area contributed by atoms with Crippen LogP contribution in [-0.2, 0) is 0 Å². The van der Waals surface area contributed by atoms with Gasteiger partial charge in [0.05, 0.1) is 0 Å². The summed E-state index contributed by atoms with van der Waals surface area (Å²) in [5, 5.41) is 0. The minimum Gasteiger partial charge on any atom is -0.306 e. The quantitative estimate of drug-likeness (QED) is 0.635. The van der Waals surface area contributed by atoms with Gasteiger partial charge in [0, 0.05) is 12.1 Å². The van der Waals surface area contributed by atoms with Gasteiger partial charge in [0.2, 0.25) is 0 Å². The lowest BCUT2D eigenvalue weighted by molar-refractivity contribution is 0.145. The summed E-state index contributed by atoms with van der Waals surface area (Å²) in [6, 6.07) is 1.75. The molecule has 2 bridgehead atoms. The molecule has 76 valence electrons. The molecule has 2 nitrogen and oxygen atoms in total. The van der Waals surface area contributed by atoms with Gasteiger partial charge in [-0.15, -0.1) is 0 Å². The Morgan fingerprint density at radius 1 is 0.692 bits per heavy atom. The van der Waals surface area contributed by atoms with Crippen molar-refractivity contribution in [1.82, 2.24) is 9.80 Å². The highest BCUT2D eigenvalue weighted by atomic mass is 15.1. The predicted octanol–water partition coefficient (Wildman–Crippen LogP) is 1.28. The smallest absolute Gasteiger partial charge is 0.0121 e. The first-order chi connectivity index (χ1) is 6.09. The second-order valence-corrected chi connectivity index (χ2v) is 5.29. The van der Waals surface area contributed by atoms with Gasteiger partial charge < -0.3 is 9.80 Å². The Kier molecular flexibility index (Phi) is 2.37. The molecular weight excluding hydrogens is 160 g/mol. The van der Waals surface area contributed by atoms with Crippen LogP contribution in [0.5, 0.6) is 0 Å². The van der Waals surface area contributed by atoms with E-state index in [1.807, 2.05) is 0 Å². The van der Waals surface area contributed by atoms with Crippen molar-refractivity contribution in [1.29, 1.82) is 0 Å². The third kappa shape index (κ3) is 1.50. The molecule has 0 aromatic rings. The molecule has 2 aliphatic rings. The van der Waals surface area contributed by atoms with Crippen LogP contribution in [0, 0.1) is 11.8 Å². The zero-order valence-corrected chi connectivity index (χ0v) is 9.33. The van der Waals surface area contributed by atoms with Crippen LogP contribution in [0.3, 0.4) is 0 Å². The van der Waals surface area contributed by atoms with Crippen LogP contribution in [0.15, 0.2) is 0 Å². The van der Waals surface area contributed by atoms with Crippen LogP contribution < -0.4 is 0 Å². The lowest BCUT2D eigenvalue weighted by Gasteiger charge is -2.35. The molecule has 2 saturated carbocycles. The average molecular weight is 182 g/mol. The number of nitrogens with zero attached hydrogens (tertiary/aromatic N) is 2. The van der Waals surface area contributed by atoms with Crippen LogP contribution in [0.1, 0.15) is 19.3 Å². The first-order valence-electron chi connectivity index (χ1n) is 5.42. The van der Waals surface area contributed by atoms with Gasteiger partial charge in [0.1, 0.15) is 0 Å². The lowest BCUT2D eigenvalue weighted by atomic mass is 9.90. The molecule has 0 radical (unpaired) electrons. The topological polar surface area (TPSA) is 6.48 Å². The van der Waals surface area contributed by atoms with Crippen molar-refractivity contribution in [3.63, 3.8) is 0 Å². The molecule has 2 aliphatic carbocycles. The lowest BCUT2D eigenvalue weighted by Crippen LogP contribution is -2.41. The second kappa shape index (κ2) is 3.25. The molecule has 0 aliphatic heterocycles. The molecule has 0 spiro atoms. The van der Waals surface area contributed by atoms with Crippen molar-refractivity contribution in [2.45, 2.75) is 31.3 Å². The number of hydrogen-bond donors (Lipinski definition) is 0. The van der Waals surface area contributed by atoms with E-state index in [1.165, 1.54) is 19.3 Å². The van der Waals surface area contributed by atoms with E-state index in [0.717, 1.165) is 23.9 Å². The maximum atomic E-state index is 2.43. The maximum Gasteiger partial charge on any atom is 0.0121 e. The third-order valence-corrected chi connectivity index (χ3v) is 4.11. The summed E-state index contributed by atoms with van der Waals surface area (Å²) in [5.41, 5.74) is 0. The van der Waals surface area contributed by atoms with Gasteiger partial charge in [-0.3, -0.25) is 0 Å². The molecule has 0 unspecified atom stereocenters. The molecule has 2 heteroatoms. The van der Waals surface area contributed by atoms with E-state index in [0.29, 0.717) is 0 Å². The van der Waals surface area contributed by atoms with E-state index >= 15 is 0 Å². The van der Waals surface area contributed by atoms with Crippen molar-refractivity contribution in [2.24, 2.45) is 11.8 Å². The summed E-state index contributed by atoms with van der Waals surface area (Å²) in [5.74, 6) is 1.96. The summed E-state index contributed by atoms with van der Waals surface area (Å²) in [6.07, 6.45) is 4.34. The van der Waals surface area contributed by atoms with Crippen molar-refractivity contribution >= 4 is 0 Å². The number of hydrogen-bond acceptors (Lipinski definition) is 2. The number of rotatable bonds is 2. The van der Waals surface area contributed by atoms with Crippen LogP contribution >= 0.6 is 0 Å². The first-order valence-corrected chi connectivity index (χ1v) is 5.42. The molecule has 2 fully saturated rings. The Balaban J connectivity index is 1.99. The van der Waals surface area contributed by atoms with Gasteiger partial charge in [-0.2, -0.15) is 0 Å². The molecule has 4 atom stereocenters. The first kappa shape index (κ1) is 9.47. The van der Waals surface area contributed by atoms with Gasteiger partial charge in [-0.1, -0.05) is 0 Å². The van der Waals surface area contributed by atoms with E-state index in [1.54, 1.807) is 0 Å². The summed E-state index contributed by atoms with van der Waals surface area (Å²) in [4.78, 5) is 4.85. The Morgan fingerprint density at radius 2 is 1.08 bits per heavy atom. The highest BCUT2D eigenvalue weighted by Crippen LogP contribution is 2.47. The Labute approximate surface area is 81.9 Å². The fourth-order valence-corrected chi connectivity index (χ4v) is 3.48. The van der Waals surface area contributed by atoms with Crippen molar-refractivity contribution in [3.05, 3.63) is 0 Å². The molecule has 0 saturated heterocycles. The van der Waals surface area contributed by atoms with Crippen molar-refractivity contribution in [3.8, 4) is 0 Å². The van der Waals surface area contributed by atoms with Crippen LogP contribution in [0.4, 0.5) is 0 Å². The summed E-state index contributed by atoms with van der Waals surface area (Å²) < 4.78 is 0. The van der Waals surface area contributed by atoms with Gasteiger partial charge in [-0.25, -0.2) is 0 Å². The van der Waals surface area contributed by atoms with Crippen molar-refractivity contribution in [2.75, 3.05) is 28.2 Å². The van der Waals surface area contributed by atoms with Crippen LogP contribution in [-0.4, -0.2) is 50.1 Å². The van der Waals surface area contributed by atoms with Gasteiger partial charge in [0.15, 0.2) is 0 Å². The minimum absolute atomic E-state index is 0.876. The fourth-order valence-electron chi connectivity index (χ4n) is 3.48. The highest BCUT2D eigenvalue weighted by Gasteiger charge is 2.46. The van der Waals surface area contributed by atoms with Gasteiger partial charge in [0.25, 0.3) is 0 Å². The monoisotopic (exact) mass is 182 g/mol. The zero-order valence-electron chi connectivity index (χ0n) is 9.33. The Bertz CT molecular complexity index is 169. The van der Waals surface area contributed by atoms with E-state index in [2.05, 4.69) is 38.0 Å². The Morgan fingerprint density at radius 3 is 1.31 bits per heavy atom. The number of fused-ring (bicyclic) bond motifs is 2.